The number of hydrogen-bond donors (Lipinski definition) is 2. The largest absolute Gasteiger partial charge is 0.460 e. The van der Waals surface area contributed by atoms with Gasteiger partial charge in [-0.25, -0.2) is 4.79 Å². The van der Waals surface area contributed by atoms with Crippen molar-refractivity contribution in [2.24, 2.45) is 0 Å². The molecule has 0 amide bonds. The molecular formula is C21H48O8Si3. The highest BCUT2D eigenvalue weighted by Crippen LogP contribution is 2.18. The van der Waals surface area contributed by atoms with E-state index in [4.69, 9.17) is 32.7 Å². The maximum atomic E-state index is 11.3. The van der Waals surface area contributed by atoms with Gasteiger partial charge in [0.1, 0.15) is 12.7 Å². The van der Waals surface area contributed by atoms with Gasteiger partial charge in [0, 0.05) is 12.2 Å². The van der Waals surface area contributed by atoms with Crippen LogP contribution in [0.4, 0.5) is 0 Å². The van der Waals surface area contributed by atoms with E-state index in [0.29, 0.717) is 18.8 Å². The second-order valence-electron chi connectivity index (χ2n) is 9.17. The molecule has 4 unspecified atom stereocenters. The van der Waals surface area contributed by atoms with Crippen LogP contribution < -0.4 is 0 Å². The zero-order chi connectivity index (χ0) is 25.5. The van der Waals surface area contributed by atoms with Gasteiger partial charge in [-0.15, -0.1) is 0 Å². The normalized spacial score (nSPS) is 15.8. The molecule has 8 nitrogen and oxygen atoms in total. The van der Waals surface area contributed by atoms with Gasteiger partial charge in [0.05, 0.1) is 12.3 Å². The standard InChI is InChI=1S/C15H34O5Si3.C6H14O3/c1-10-14(17-11-12-18-15(16)13(2)3)21(4)19-23(8,9)20-22(5,6)7;1-3-4-9-6(8)5(2)7/h14,21H,2,10-12H2,1,3-9H3;5-8H,3-4H2,1-2H3. The van der Waals surface area contributed by atoms with Gasteiger partial charge < -0.3 is 32.7 Å². The number of esters is 1. The molecule has 0 aromatic carbocycles. The Balaban J connectivity index is 0. The van der Waals surface area contributed by atoms with E-state index < -0.39 is 38.3 Å². The fourth-order valence-electron chi connectivity index (χ4n) is 2.71. The SMILES string of the molecule is C=C(C)C(=O)OCCOC(CC)[SiH](C)O[Si](C)(C)O[Si](C)(C)C.CCCOC(O)C(C)O. The summed E-state index contributed by atoms with van der Waals surface area (Å²) in [7, 11) is -5.26. The molecule has 0 saturated carbocycles. The molecule has 0 bridgehead atoms. The van der Waals surface area contributed by atoms with Crippen molar-refractivity contribution in [3.63, 3.8) is 0 Å². The van der Waals surface area contributed by atoms with Crippen LogP contribution >= 0.6 is 0 Å². The molecule has 11 heteroatoms. The summed E-state index contributed by atoms with van der Waals surface area (Å²) in [6, 6.07) is 0. The van der Waals surface area contributed by atoms with Gasteiger partial charge in [-0.3, -0.25) is 0 Å². The highest BCUT2D eigenvalue weighted by atomic mass is 28.5. The van der Waals surface area contributed by atoms with Crippen LogP contribution in [0, 0.1) is 0 Å². The summed E-state index contributed by atoms with van der Waals surface area (Å²) in [5.74, 6) is -0.375. The van der Waals surface area contributed by atoms with Crippen molar-refractivity contribution >= 4 is 31.9 Å². The lowest BCUT2D eigenvalue weighted by atomic mass is 10.4. The predicted molar refractivity (Wildman–Crippen MR) is 136 cm³/mol. The molecule has 0 spiro atoms. The maximum absolute atomic E-state index is 11.3. The topological polar surface area (TPSA) is 104 Å². The fourth-order valence-corrected chi connectivity index (χ4v) is 14.5. The summed E-state index contributed by atoms with van der Waals surface area (Å²) in [4.78, 5) is 11.3. The molecular weight excluding hydrogens is 464 g/mol. The molecule has 192 valence electrons. The maximum Gasteiger partial charge on any atom is 0.333 e. The lowest BCUT2D eigenvalue weighted by molar-refractivity contribution is -0.155. The van der Waals surface area contributed by atoms with Crippen molar-refractivity contribution in [2.45, 2.75) is 97.9 Å². The van der Waals surface area contributed by atoms with Crippen molar-refractivity contribution < 1.29 is 37.4 Å². The minimum Gasteiger partial charge on any atom is -0.460 e. The van der Waals surface area contributed by atoms with E-state index in [9.17, 15) is 4.79 Å². The summed E-state index contributed by atoms with van der Waals surface area (Å²) in [6.07, 6.45) is -0.0789. The Bertz CT molecular complexity index is 524. The molecule has 2 N–H and O–H groups in total. The second kappa shape index (κ2) is 17.1. The van der Waals surface area contributed by atoms with Gasteiger partial charge in [0.15, 0.2) is 23.6 Å². The van der Waals surface area contributed by atoms with Crippen molar-refractivity contribution in [2.75, 3.05) is 19.8 Å². The molecule has 0 radical (unpaired) electrons. The van der Waals surface area contributed by atoms with E-state index in [1.807, 2.05) is 6.92 Å². The highest BCUT2D eigenvalue weighted by molar-refractivity contribution is 6.84. The van der Waals surface area contributed by atoms with Crippen LogP contribution in [0.25, 0.3) is 0 Å². The minimum atomic E-state index is -2.11. The van der Waals surface area contributed by atoms with Gasteiger partial charge in [-0.1, -0.05) is 20.4 Å². The van der Waals surface area contributed by atoms with Crippen molar-refractivity contribution in [1.82, 2.24) is 0 Å². The highest BCUT2D eigenvalue weighted by Gasteiger charge is 2.35. The Labute approximate surface area is 199 Å². The van der Waals surface area contributed by atoms with Crippen molar-refractivity contribution in [3.8, 4) is 0 Å². The minimum absolute atomic E-state index is 0.0931. The molecule has 0 aliphatic heterocycles. The zero-order valence-electron chi connectivity index (χ0n) is 21.9. The van der Waals surface area contributed by atoms with E-state index in [-0.39, 0.29) is 18.3 Å². The van der Waals surface area contributed by atoms with Gasteiger partial charge >= 0.3 is 14.5 Å². The summed E-state index contributed by atoms with van der Waals surface area (Å²) in [5, 5.41) is 17.5. The molecule has 0 aliphatic rings. The van der Waals surface area contributed by atoms with Crippen LogP contribution in [0.15, 0.2) is 12.2 Å². The third-order valence-corrected chi connectivity index (χ3v) is 13.7. The van der Waals surface area contributed by atoms with Crippen molar-refractivity contribution in [3.05, 3.63) is 12.2 Å². The fraction of sp³-hybridized carbons (Fsp3) is 0.857. The third-order valence-electron chi connectivity index (χ3n) is 3.85. The van der Waals surface area contributed by atoms with Crippen LogP contribution in [0.2, 0.25) is 39.3 Å². The first-order valence-electron chi connectivity index (χ1n) is 11.4. The van der Waals surface area contributed by atoms with E-state index in [1.54, 1.807) is 6.92 Å². The lowest BCUT2D eigenvalue weighted by Crippen LogP contribution is -2.50. The van der Waals surface area contributed by atoms with Crippen LogP contribution in [0.1, 0.15) is 40.5 Å². The summed E-state index contributed by atoms with van der Waals surface area (Å²) in [5.41, 5.74) is 0.495. The number of rotatable bonds is 15. The quantitative estimate of drug-likeness (QED) is 0.113. The number of ether oxygens (including phenoxy) is 3. The van der Waals surface area contributed by atoms with Gasteiger partial charge in [-0.05, 0) is 66.0 Å². The van der Waals surface area contributed by atoms with E-state index in [1.165, 1.54) is 6.92 Å². The number of carbonyl (C=O) groups excluding carboxylic acids is 1. The van der Waals surface area contributed by atoms with E-state index in [0.717, 1.165) is 12.8 Å². The van der Waals surface area contributed by atoms with Gasteiger partial charge in [0.2, 0.25) is 0 Å². The number of carbonyl (C=O) groups is 1. The molecule has 32 heavy (non-hydrogen) atoms. The van der Waals surface area contributed by atoms with Crippen LogP contribution in [-0.4, -0.2) is 80.0 Å². The van der Waals surface area contributed by atoms with Crippen LogP contribution in [0.5, 0.6) is 0 Å². The third kappa shape index (κ3) is 19.1. The molecule has 0 heterocycles. The smallest absolute Gasteiger partial charge is 0.333 e. The molecule has 0 aliphatic carbocycles. The first-order chi connectivity index (χ1) is 14.6. The number of aliphatic hydroxyl groups excluding tert-OH is 2. The summed E-state index contributed by atoms with van der Waals surface area (Å²) >= 11 is 0. The van der Waals surface area contributed by atoms with Crippen LogP contribution in [0.3, 0.4) is 0 Å². The molecule has 0 fully saturated rings. The molecule has 4 atom stereocenters. The lowest BCUT2D eigenvalue weighted by Gasteiger charge is -2.35. The molecule has 0 aromatic heterocycles. The number of hydrogen-bond acceptors (Lipinski definition) is 8. The van der Waals surface area contributed by atoms with Gasteiger partial charge in [-0.2, -0.15) is 0 Å². The van der Waals surface area contributed by atoms with Crippen LogP contribution in [-0.2, 0) is 27.2 Å². The first-order valence-corrected chi connectivity index (χ1v) is 19.9. The Morgan fingerprint density at radius 2 is 1.59 bits per heavy atom. The summed E-state index contributed by atoms with van der Waals surface area (Å²) in [6.45, 7) is 24.7. The Hall–Kier alpha value is -0.379. The Kier molecular flexibility index (Phi) is 18.1. The monoisotopic (exact) mass is 512 g/mol. The summed E-state index contributed by atoms with van der Waals surface area (Å²) < 4.78 is 28.2. The first kappa shape index (κ1) is 33.8. The van der Waals surface area contributed by atoms with E-state index >= 15 is 0 Å². The average Bonchev–Trinajstić information content (AvgIpc) is 2.63. The molecule has 0 aromatic rings. The Morgan fingerprint density at radius 3 is 2.00 bits per heavy atom. The zero-order valence-corrected chi connectivity index (χ0v) is 25.1. The predicted octanol–water partition coefficient (Wildman–Crippen LogP) is 3.48. The van der Waals surface area contributed by atoms with Gasteiger partial charge in [0.25, 0.3) is 0 Å². The Morgan fingerprint density at radius 1 is 1.03 bits per heavy atom. The second-order valence-corrected chi connectivity index (χ2v) is 20.1. The molecule has 0 saturated heterocycles. The number of aliphatic hydroxyl groups is 2. The molecule has 0 rings (SSSR count). The average molecular weight is 513 g/mol. The van der Waals surface area contributed by atoms with E-state index in [2.05, 4.69) is 52.8 Å². The van der Waals surface area contributed by atoms with Crippen molar-refractivity contribution in [1.29, 1.82) is 0 Å².